The molecule has 26 heavy (non-hydrogen) atoms. The number of likely N-dealkylation sites (tertiary alicyclic amines) is 1. The summed E-state index contributed by atoms with van der Waals surface area (Å²) < 4.78 is 1.98. The van der Waals surface area contributed by atoms with Crippen LogP contribution in [0.15, 0.2) is 36.9 Å². The zero-order valence-electron chi connectivity index (χ0n) is 14.8. The van der Waals surface area contributed by atoms with Crippen molar-refractivity contribution in [2.45, 2.75) is 44.1 Å². The highest BCUT2D eigenvalue weighted by atomic mass is 16.2. The van der Waals surface area contributed by atoms with Gasteiger partial charge < -0.3 is 9.88 Å². The molecule has 0 spiro atoms. The third-order valence-corrected chi connectivity index (χ3v) is 5.93. The molecule has 6 nitrogen and oxygen atoms in total. The monoisotopic (exact) mass is 349 g/mol. The van der Waals surface area contributed by atoms with Gasteiger partial charge in [0.05, 0.1) is 17.8 Å². The van der Waals surface area contributed by atoms with Crippen LogP contribution in [0.4, 0.5) is 0 Å². The fourth-order valence-corrected chi connectivity index (χ4v) is 4.21. The highest BCUT2D eigenvalue weighted by Gasteiger charge is 2.28. The van der Waals surface area contributed by atoms with E-state index in [1.54, 1.807) is 12.4 Å². The fraction of sp³-hybridized carbons (Fsp3) is 0.450. The fourth-order valence-electron chi connectivity index (χ4n) is 4.21. The maximum atomic E-state index is 13.0. The number of aromatic amines is 1. The van der Waals surface area contributed by atoms with E-state index in [1.807, 2.05) is 21.8 Å². The van der Waals surface area contributed by atoms with E-state index >= 15 is 0 Å². The Labute approximate surface area is 152 Å². The molecule has 1 N–H and O–H groups in total. The molecule has 2 fully saturated rings. The molecule has 2 aliphatic rings. The second-order valence-corrected chi connectivity index (χ2v) is 7.53. The number of H-pyrrole nitrogens is 1. The van der Waals surface area contributed by atoms with E-state index in [0.717, 1.165) is 37.1 Å². The molecule has 1 amide bonds. The summed E-state index contributed by atoms with van der Waals surface area (Å²) in [5.74, 6) is 0.463. The Morgan fingerprint density at radius 2 is 2.15 bits per heavy atom. The predicted molar refractivity (Wildman–Crippen MR) is 99.1 cm³/mol. The molecular weight excluding hydrogens is 326 g/mol. The summed E-state index contributed by atoms with van der Waals surface area (Å²) in [5, 5.41) is 5.59. The van der Waals surface area contributed by atoms with E-state index in [4.69, 9.17) is 0 Å². The van der Waals surface area contributed by atoms with Gasteiger partial charge in [0.25, 0.3) is 5.91 Å². The van der Waals surface area contributed by atoms with Crippen LogP contribution in [0.5, 0.6) is 0 Å². The van der Waals surface area contributed by atoms with E-state index in [1.165, 1.54) is 30.2 Å². The van der Waals surface area contributed by atoms with Crippen molar-refractivity contribution in [3.63, 3.8) is 0 Å². The maximum Gasteiger partial charge on any atom is 0.257 e. The average molecular weight is 349 g/mol. The summed E-state index contributed by atoms with van der Waals surface area (Å²) in [6, 6.07) is 4.57. The minimum absolute atomic E-state index is 0.109. The Morgan fingerprint density at radius 3 is 3.00 bits per heavy atom. The minimum atomic E-state index is 0.109. The Balaban J connectivity index is 1.35. The number of rotatable bonds is 3. The molecule has 0 radical (unpaired) electrons. The molecular formula is C20H23N5O. The standard InChI is InChI=1S/C20H23N5O/c26-20(15-10-23-25(13-15)16-5-1-6-16)24-9-3-4-14(12-24)18-11-22-19-17(18)7-2-8-21-19/h2,7-8,10-11,13-14,16H,1,3-6,9,12H2,(H,21,22). The van der Waals surface area contributed by atoms with E-state index < -0.39 is 0 Å². The zero-order chi connectivity index (χ0) is 17.5. The van der Waals surface area contributed by atoms with Gasteiger partial charge in [-0.25, -0.2) is 4.98 Å². The van der Waals surface area contributed by atoms with E-state index in [0.29, 0.717) is 12.0 Å². The number of carbonyl (C=O) groups excluding carboxylic acids is 1. The van der Waals surface area contributed by atoms with E-state index in [-0.39, 0.29) is 5.91 Å². The van der Waals surface area contributed by atoms with Gasteiger partial charge in [-0.2, -0.15) is 5.10 Å². The Kier molecular flexibility index (Phi) is 3.76. The first kappa shape index (κ1) is 15.6. The molecule has 5 rings (SSSR count). The molecule has 6 heteroatoms. The molecule has 1 unspecified atom stereocenters. The predicted octanol–water partition coefficient (Wildman–Crippen LogP) is 3.50. The summed E-state index contributed by atoms with van der Waals surface area (Å²) in [5.41, 5.74) is 2.92. The number of fused-ring (bicyclic) bond motifs is 1. The van der Waals surface area contributed by atoms with Crippen molar-refractivity contribution in [1.82, 2.24) is 24.6 Å². The van der Waals surface area contributed by atoms with Crippen molar-refractivity contribution in [2.75, 3.05) is 13.1 Å². The van der Waals surface area contributed by atoms with Crippen LogP contribution in [0.3, 0.4) is 0 Å². The summed E-state index contributed by atoms with van der Waals surface area (Å²) >= 11 is 0. The molecule has 4 heterocycles. The lowest BCUT2D eigenvalue weighted by atomic mass is 9.90. The van der Waals surface area contributed by atoms with Gasteiger partial charge >= 0.3 is 0 Å². The van der Waals surface area contributed by atoms with Crippen LogP contribution in [-0.2, 0) is 0 Å². The first-order chi connectivity index (χ1) is 12.8. The van der Waals surface area contributed by atoms with Crippen LogP contribution in [0.1, 0.15) is 60.0 Å². The molecule has 1 atom stereocenters. The second-order valence-electron chi connectivity index (χ2n) is 7.53. The SMILES string of the molecule is O=C(c1cnn(C2CCC2)c1)N1CCCC(c2c[nH]c3ncccc23)C1. The molecule has 1 aliphatic carbocycles. The highest BCUT2D eigenvalue weighted by Crippen LogP contribution is 2.33. The van der Waals surface area contributed by atoms with Crippen molar-refractivity contribution >= 4 is 16.9 Å². The number of piperidine rings is 1. The summed E-state index contributed by atoms with van der Waals surface area (Å²) in [4.78, 5) is 22.6. The zero-order valence-corrected chi connectivity index (χ0v) is 14.8. The van der Waals surface area contributed by atoms with E-state index in [2.05, 4.69) is 27.3 Å². The number of pyridine rings is 1. The van der Waals surface area contributed by atoms with Gasteiger partial charge in [-0.3, -0.25) is 9.48 Å². The van der Waals surface area contributed by atoms with Crippen molar-refractivity contribution in [1.29, 1.82) is 0 Å². The number of hydrogen-bond acceptors (Lipinski definition) is 3. The number of carbonyl (C=O) groups is 1. The molecule has 1 aliphatic heterocycles. The lowest BCUT2D eigenvalue weighted by molar-refractivity contribution is 0.0707. The molecule has 134 valence electrons. The average Bonchev–Trinajstić information content (AvgIpc) is 3.27. The van der Waals surface area contributed by atoms with Gasteiger partial charge in [-0.15, -0.1) is 0 Å². The van der Waals surface area contributed by atoms with Crippen LogP contribution in [0.2, 0.25) is 0 Å². The molecule has 0 aromatic carbocycles. The first-order valence-electron chi connectivity index (χ1n) is 9.55. The number of amides is 1. The van der Waals surface area contributed by atoms with Crippen LogP contribution in [0.25, 0.3) is 11.0 Å². The molecule has 0 bridgehead atoms. The van der Waals surface area contributed by atoms with Gasteiger partial charge in [0.2, 0.25) is 0 Å². The lowest BCUT2D eigenvalue weighted by Crippen LogP contribution is -2.39. The van der Waals surface area contributed by atoms with E-state index in [9.17, 15) is 4.79 Å². The molecule has 3 aromatic rings. The third kappa shape index (κ3) is 2.60. The largest absolute Gasteiger partial charge is 0.346 e. The minimum Gasteiger partial charge on any atom is -0.346 e. The number of nitrogens with zero attached hydrogens (tertiary/aromatic N) is 4. The van der Waals surface area contributed by atoms with Gasteiger partial charge in [-0.05, 0) is 49.8 Å². The van der Waals surface area contributed by atoms with Crippen LogP contribution in [-0.4, -0.2) is 43.6 Å². The summed E-state index contributed by atoms with van der Waals surface area (Å²) in [7, 11) is 0. The number of aromatic nitrogens is 4. The molecule has 1 saturated heterocycles. The van der Waals surface area contributed by atoms with Gasteiger partial charge in [0, 0.05) is 43.0 Å². The van der Waals surface area contributed by atoms with Crippen molar-refractivity contribution in [2.24, 2.45) is 0 Å². The lowest BCUT2D eigenvalue weighted by Gasteiger charge is -2.32. The third-order valence-electron chi connectivity index (χ3n) is 5.93. The topological polar surface area (TPSA) is 66.8 Å². The normalized spacial score (nSPS) is 21.1. The molecule has 3 aromatic heterocycles. The first-order valence-corrected chi connectivity index (χ1v) is 9.55. The van der Waals surface area contributed by atoms with Crippen LogP contribution < -0.4 is 0 Å². The van der Waals surface area contributed by atoms with Gasteiger partial charge in [0.1, 0.15) is 5.65 Å². The molecule has 1 saturated carbocycles. The summed E-state index contributed by atoms with van der Waals surface area (Å²) in [6.45, 7) is 1.58. The van der Waals surface area contributed by atoms with Gasteiger partial charge in [-0.1, -0.05) is 0 Å². The van der Waals surface area contributed by atoms with Crippen molar-refractivity contribution in [3.05, 3.63) is 48.0 Å². The summed E-state index contributed by atoms with van der Waals surface area (Å²) in [6.07, 6.45) is 13.3. The smallest absolute Gasteiger partial charge is 0.257 e. The van der Waals surface area contributed by atoms with Crippen molar-refractivity contribution < 1.29 is 4.79 Å². The maximum absolute atomic E-state index is 13.0. The van der Waals surface area contributed by atoms with Gasteiger partial charge in [0.15, 0.2) is 0 Å². The highest BCUT2D eigenvalue weighted by molar-refractivity contribution is 5.94. The second kappa shape index (κ2) is 6.27. The van der Waals surface area contributed by atoms with Crippen LogP contribution in [0, 0.1) is 0 Å². The number of hydrogen-bond donors (Lipinski definition) is 1. The Morgan fingerprint density at radius 1 is 1.23 bits per heavy atom. The Hall–Kier alpha value is -2.63. The van der Waals surface area contributed by atoms with Crippen molar-refractivity contribution in [3.8, 4) is 0 Å². The quantitative estimate of drug-likeness (QED) is 0.787. The van der Waals surface area contributed by atoms with Crippen LogP contribution >= 0.6 is 0 Å². The number of nitrogens with one attached hydrogen (secondary N) is 1. The Bertz CT molecular complexity index is 938.